The lowest BCUT2D eigenvalue weighted by molar-refractivity contribution is -0.137. The number of piperidine rings is 1. The van der Waals surface area contributed by atoms with E-state index in [0.717, 1.165) is 82.4 Å². The fraction of sp³-hybridized carbons (Fsp3) is 0.750. The summed E-state index contributed by atoms with van der Waals surface area (Å²) in [6.07, 6.45) is 5.14. The predicted octanol–water partition coefficient (Wildman–Crippen LogP) is 0.797. The van der Waals surface area contributed by atoms with Gasteiger partial charge in [-0.3, -0.25) is 9.69 Å². The van der Waals surface area contributed by atoms with Gasteiger partial charge in [0.1, 0.15) is 5.82 Å². The summed E-state index contributed by atoms with van der Waals surface area (Å²) in [6, 6.07) is 0. The molecular weight excluding hydrogens is 342 g/mol. The molecule has 1 amide bonds. The van der Waals surface area contributed by atoms with E-state index in [2.05, 4.69) is 15.2 Å². The molecule has 7 heteroatoms. The zero-order valence-corrected chi connectivity index (χ0v) is 16.3. The number of nitrogens with one attached hydrogen (secondary N) is 1. The van der Waals surface area contributed by atoms with Crippen LogP contribution in [0.2, 0.25) is 0 Å². The van der Waals surface area contributed by atoms with Gasteiger partial charge in [0.25, 0.3) is 0 Å². The molecule has 7 nitrogen and oxygen atoms in total. The second-order valence-electron chi connectivity index (χ2n) is 8.07. The van der Waals surface area contributed by atoms with Gasteiger partial charge in [0.15, 0.2) is 0 Å². The molecule has 2 atom stereocenters. The highest BCUT2D eigenvalue weighted by Gasteiger charge is 2.28. The Morgan fingerprint density at radius 3 is 3.00 bits per heavy atom. The molecule has 3 aliphatic rings. The van der Waals surface area contributed by atoms with Crippen LogP contribution in [0.25, 0.3) is 0 Å². The fourth-order valence-electron chi connectivity index (χ4n) is 4.35. The minimum absolute atomic E-state index is 0.0122. The molecule has 0 saturated carbocycles. The Morgan fingerprint density at radius 2 is 2.22 bits per heavy atom. The molecule has 148 valence electrons. The molecule has 0 radical (unpaired) electrons. The van der Waals surface area contributed by atoms with Crippen molar-refractivity contribution in [3.8, 4) is 0 Å². The zero-order valence-electron chi connectivity index (χ0n) is 16.3. The number of aromatic nitrogens is 2. The quantitative estimate of drug-likeness (QED) is 0.842. The first kappa shape index (κ1) is 18.8. The fourth-order valence-corrected chi connectivity index (χ4v) is 4.35. The van der Waals surface area contributed by atoms with Crippen molar-refractivity contribution in [2.45, 2.75) is 38.6 Å². The summed E-state index contributed by atoms with van der Waals surface area (Å²) in [5.41, 5.74) is 2.25. The highest BCUT2D eigenvalue weighted by Crippen LogP contribution is 2.24. The van der Waals surface area contributed by atoms with Crippen molar-refractivity contribution in [1.82, 2.24) is 25.1 Å². The molecule has 2 fully saturated rings. The number of carbonyl (C=O) groups excluding carboxylic acids is 1. The van der Waals surface area contributed by atoms with Gasteiger partial charge in [0.2, 0.25) is 5.91 Å². The molecule has 0 spiro atoms. The largest absolute Gasteiger partial charge is 0.379 e. The van der Waals surface area contributed by atoms with Crippen molar-refractivity contribution in [2.75, 3.05) is 52.5 Å². The zero-order chi connectivity index (χ0) is 18.6. The number of ether oxygens (including phenoxy) is 1. The first-order chi connectivity index (χ1) is 13.2. The number of amides is 1. The summed E-state index contributed by atoms with van der Waals surface area (Å²) in [4.78, 5) is 26.7. The van der Waals surface area contributed by atoms with Crippen LogP contribution in [0.3, 0.4) is 0 Å². The lowest BCUT2D eigenvalue weighted by Crippen LogP contribution is -2.45. The normalized spacial score (nSPS) is 25.1. The van der Waals surface area contributed by atoms with Crippen LogP contribution in [0.5, 0.6) is 0 Å². The number of morpholine rings is 1. The van der Waals surface area contributed by atoms with Gasteiger partial charge in [-0.1, -0.05) is 6.92 Å². The number of hydrogen-bond acceptors (Lipinski definition) is 6. The molecule has 0 aromatic carbocycles. The van der Waals surface area contributed by atoms with E-state index < -0.39 is 0 Å². The third-order valence-corrected chi connectivity index (χ3v) is 5.98. The molecule has 2 saturated heterocycles. The number of carbonyl (C=O) groups is 1. The molecule has 1 aromatic rings. The Morgan fingerprint density at radius 1 is 1.37 bits per heavy atom. The van der Waals surface area contributed by atoms with Crippen molar-refractivity contribution in [3.63, 3.8) is 0 Å². The van der Waals surface area contributed by atoms with E-state index in [-0.39, 0.29) is 11.8 Å². The maximum Gasteiger partial charge on any atom is 0.227 e. The maximum atomic E-state index is 12.9. The van der Waals surface area contributed by atoms with Gasteiger partial charge in [-0.05, 0) is 19.4 Å². The van der Waals surface area contributed by atoms with Crippen LogP contribution in [0.1, 0.15) is 42.8 Å². The molecule has 1 aromatic heterocycles. The van der Waals surface area contributed by atoms with Crippen molar-refractivity contribution >= 4 is 5.91 Å². The molecule has 0 aliphatic carbocycles. The summed E-state index contributed by atoms with van der Waals surface area (Å²) in [6.45, 7) is 9.73. The highest BCUT2D eigenvalue weighted by molar-refractivity contribution is 5.79. The van der Waals surface area contributed by atoms with Crippen LogP contribution < -0.4 is 5.32 Å². The van der Waals surface area contributed by atoms with Gasteiger partial charge in [0.05, 0.1) is 18.9 Å². The first-order valence-corrected chi connectivity index (χ1v) is 10.3. The topological polar surface area (TPSA) is 70.6 Å². The molecular formula is C20H31N5O2. The Balaban J connectivity index is 1.36. The minimum atomic E-state index is 0.0122. The summed E-state index contributed by atoms with van der Waals surface area (Å²) < 4.78 is 5.40. The lowest BCUT2D eigenvalue weighted by atomic mass is 9.98. The average molecular weight is 374 g/mol. The Hall–Kier alpha value is -1.57. The molecule has 4 rings (SSSR count). The van der Waals surface area contributed by atoms with Crippen molar-refractivity contribution in [1.29, 1.82) is 0 Å². The second kappa shape index (κ2) is 8.63. The summed E-state index contributed by atoms with van der Waals surface area (Å²) in [7, 11) is 0. The number of fused-ring (bicyclic) bond motifs is 1. The number of hydrogen-bond donors (Lipinski definition) is 1. The van der Waals surface area contributed by atoms with E-state index >= 15 is 0 Å². The van der Waals surface area contributed by atoms with E-state index in [1.54, 1.807) is 0 Å². The maximum absolute atomic E-state index is 12.9. The minimum Gasteiger partial charge on any atom is -0.379 e. The average Bonchev–Trinajstić information content (AvgIpc) is 2.74. The van der Waals surface area contributed by atoms with Crippen molar-refractivity contribution in [2.24, 2.45) is 5.92 Å². The Labute approximate surface area is 161 Å². The SMILES string of the molecule is CC(CN1CCOCC1)C(=O)N1CCc2nc(C3CCCNC3)ncc2C1. The van der Waals surface area contributed by atoms with Gasteiger partial charge in [0, 0.05) is 69.3 Å². The van der Waals surface area contributed by atoms with E-state index in [9.17, 15) is 4.79 Å². The number of rotatable bonds is 4. The van der Waals surface area contributed by atoms with Crippen LogP contribution in [0.4, 0.5) is 0 Å². The van der Waals surface area contributed by atoms with Gasteiger partial charge >= 0.3 is 0 Å². The van der Waals surface area contributed by atoms with Crippen molar-refractivity contribution < 1.29 is 9.53 Å². The van der Waals surface area contributed by atoms with Crippen LogP contribution >= 0.6 is 0 Å². The predicted molar refractivity (Wildman–Crippen MR) is 102 cm³/mol. The smallest absolute Gasteiger partial charge is 0.227 e. The molecule has 27 heavy (non-hydrogen) atoms. The van der Waals surface area contributed by atoms with E-state index in [0.29, 0.717) is 12.5 Å². The molecule has 1 N–H and O–H groups in total. The summed E-state index contributed by atoms with van der Waals surface area (Å²) in [5, 5.41) is 3.44. The summed E-state index contributed by atoms with van der Waals surface area (Å²) >= 11 is 0. The standard InChI is InChI=1S/C20H31N5O2/c1-15(13-24-7-9-27-10-8-24)20(26)25-6-4-18-17(14-25)12-22-19(23-18)16-3-2-5-21-11-16/h12,15-16,21H,2-11,13-14H2,1H3. The Kier molecular flexibility index (Phi) is 6.00. The van der Waals surface area contributed by atoms with Gasteiger partial charge in [-0.15, -0.1) is 0 Å². The molecule has 4 heterocycles. The molecule has 3 aliphatic heterocycles. The molecule has 2 unspecified atom stereocenters. The third kappa shape index (κ3) is 4.47. The molecule has 0 bridgehead atoms. The monoisotopic (exact) mass is 373 g/mol. The van der Waals surface area contributed by atoms with Gasteiger partial charge in [-0.2, -0.15) is 0 Å². The van der Waals surface area contributed by atoms with E-state index in [1.165, 1.54) is 6.42 Å². The van der Waals surface area contributed by atoms with Gasteiger partial charge < -0.3 is 15.0 Å². The highest BCUT2D eigenvalue weighted by atomic mass is 16.5. The van der Waals surface area contributed by atoms with Crippen LogP contribution in [-0.2, 0) is 22.5 Å². The van der Waals surface area contributed by atoms with Crippen LogP contribution in [0, 0.1) is 5.92 Å². The van der Waals surface area contributed by atoms with Crippen molar-refractivity contribution in [3.05, 3.63) is 23.3 Å². The first-order valence-electron chi connectivity index (χ1n) is 10.3. The third-order valence-electron chi connectivity index (χ3n) is 5.98. The second-order valence-corrected chi connectivity index (χ2v) is 8.07. The summed E-state index contributed by atoms with van der Waals surface area (Å²) in [5.74, 6) is 1.66. The Bertz CT molecular complexity index is 656. The number of nitrogens with zero attached hydrogens (tertiary/aromatic N) is 4. The lowest BCUT2D eigenvalue weighted by Gasteiger charge is -2.33. The van der Waals surface area contributed by atoms with E-state index in [4.69, 9.17) is 9.72 Å². The van der Waals surface area contributed by atoms with Crippen LogP contribution in [0.15, 0.2) is 6.20 Å². The van der Waals surface area contributed by atoms with Crippen LogP contribution in [-0.4, -0.2) is 78.2 Å². The van der Waals surface area contributed by atoms with Gasteiger partial charge in [-0.25, -0.2) is 9.97 Å². The van der Waals surface area contributed by atoms with E-state index in [1.807, 2.05) is 18.0 Å².